The third kappa shape index (κ3) is 2.78. The molecule has 1 aromatic carbocycles. The van der Waals surface area contributed by atoms with Crippen LogP contribution in [0.5, 0.6) is 0 Å². The molecule has 2 atom stereocenters. The molecule has 5 heteroatoms. The van der Waals surface area contributed by atoms with E-state index in [1.165, 1.54) is 6.42 Å². The highest BCUT2D eigenvalue weighted by Gasteiger charge is 2.28. The molecule has 0 bridgehead atoms. The summed E-state index contributed by atoms with van der Waals surface area (Å²) in [5.74, 6) is 0.0835. The van der Waals surface area contributed by atoms with Crippen LogP contribution in [0.4, 0.5) is 11.4 Å². The van der Waals surface area contributed by atoms with E-state index in [0.717, 1.165) is 18.7 Å². The summed E-state index contributed by atoms with van der Waals surface area (Å²) in [7, 11) is 0. The summed E-state index contributed by atoms with van der Waals surface area (Å²) >= 11 is 6.30. The van der Waals surface area contributed by atoms with E-state index < -0.39 is 5.91 Å². The van der Waals surface area contributed by atoms with Crippen molar-refractivity contribution in [3.63, 3.8) is 0 Å². The summed E-state index contributed by atoms with van der Waals surface area (Å²) in [6, 6.07) is 3.63. The van der Waals surface area contributed by atoms with Gasteiger partial charge in [0.15, 0.2) is 0 Å². The maximum atomic E-state index is 11.6. The number of rotatable bonds is 2. The summed E-state index contributed by atoms with van der Waals surface area (Å²) in [6.07, 6.45) is 2.27. The predicted octanol–water partition coefficient (Wildman–Crippen LogP) is 2.65. The minimum Gasteiger partial charge on any atom is -0.399 e. The molecule has 0 aromatic heterocycles. The monoisotopic (exact) mass is 281 g/mol. The highest BCUT2D eigenvalue weighted by atomic mass is 35.5. The topological polar surface area (TPSA) is 72.3 Å². The lowest BCUT2D eigenvalue weighted by molar-refractivity contribution is 0.100. The van der Waals surface area contributed by atoms with Crippen molar-refractivity contribution in [2.75, 3.05) is 17.2 Å². The van der Waals surface area contributed by atoms with Crippen LogP contribution in [-0.2, 0) is 0 Å². The average molecular weight is 282 g/mol. The molecule has 0 aliphatic carbocycles. The third-order valence-electron chi connectivity index (χ3n) is 3.76. The number of nitrogens with two attached hydrogens (primary N) is 2. The van der Waals surface area contributed by atoms with E-state index in [4.69, 9.17) is 23.1 Å². The molecule has 0 spiro atoms. The van der Waals surface area contributed by atoms with E-state index in [1.54, 1.807) is 12.1 Å². The third-order valence-corrected chi connectivity index (χ3v) is 4.04. The molecule has 4 N–H and O–H groups in total. The molecule has 0 saturated carbocycles. The molecule has 19 heavy (non-hydrogen) atoms. The lowest BCUT2D eigenvalue weighted by Crippen LogP contribution is -2.42. The number of halogens is 1. The van der Waals surface area contributed by atoms with Crippen LogP contribution < -0.4 is 16.4 Å². The van der Waals surface area contributed by atoms with Gasteiger partial charge in [-0.15, -0.1) is 0 Å². The molecule has 0 radical (unpaired) electrons. The number of carbonyl (C=O) groups excluding carboxylic acids is 1. The zero-order chi connectivity index (χ0) is 14.2. The number of anilines is 2. The Morgan fingerprint density at radius 2 is 2.05 bits per heavy atom. The van der Waals surface area contributed by atoms with Crippen molar-refractivity contribution >= 4 is 28.9 Å². The summed E-state index contributed by atoms with van der Waals surface area (Å²) in [4.78, 5) is 13.8. The van der Waals surface area contributed by atoms with Crippen LogP contribution in [0.2, 0.25) is 5.02 Å². The van der Waals surface area contributed by atoms with Crippen molar-refractivity contribution in [1.82, 2.24) is 0 Å². The maximum absolute atomic E-state index is 11.6. The second kappa shape index (κ2) is 5.29. The second-order valence-electron chi connectivity index (χ2n) is 5.45. The Bertz CT molecular complexity index is 504. The normalized spacial score (nSPS) is 23.4. The number of primary amides is 1. The van der Waals surface area contributed by atoms with Crippen molar-refractivity contribution in [2.24, 2.45) is 11.7 Å². The van der Waals surface area contributed by atoms with Gasteiger partial charge in [-0.2, -0.15) is 0 Å². The quantitative estimate of drug-likeness (QED) is 0.819. The van der Waals surface area contributed by atoms with Gasteiger partial charge in [-0.3, -0.25) is 4.79 Å². The van der Waals surface area contributed by atoms with Gasteiger partial charge in [0.1, 0.15) is 0 Å². The first kappa shape index (κ1) is 14.0. The Hall–Kier alpha value is -1.42. The molecule has 1 aliphatic rings. The van der Waals surface area contributed by atoms with E-state index in [2.05, 4.69) is 18.7 Å². The Morgan fingerprint density at radius 1 is 1.37 bits per heavy atom. The number of piperidine rings is 1. The first-order chi connectivity index (χ1) is 8.90. The predicted molar refractivity (Wildman–Crippen MR) is 79.6 cm³/mol. The lowest BCUT2D eigenvalue weighted by Gasteiger charge is -2.39. The molecular formula is C14H20ClN3O. The number of amides is 1. The number of hydrogen-bond acceptors (Lipinski definition) is 3. The summed E-state index contributed by atoms with van der Waals surface area (Å²) in [6.45, 7) is 5.22. The smallest absolute Gasteiger partial charge is 0.250 e. The van der Waals surface area contributed by atoms with Crippen LogP contribution in [-0.4, -0.2) is 18.5 Å². The molecule has 1 heterocycles. The van der Waals surface area contributed by atoms with E-state index in [-0.39, 0.29) is 0 Å². The maximum Gasteiger partial charge on any atom is 0.250 e. The SMILES string of the molecule is CC1CCC(C)N(c2c(Cl)cc(N)cc2C(N)=O)C1. The molecular weight excluding hydrogens is 262 g/mol. The number of nitrogen functional groups attached to an aromatic ring is 1. The number of carbonyl (C=O) groups is 1. The van der Waals surface area contributed by atoms with Gasteiger partial charge in [0.25, 0.3) is 5.91 Å². The average Bonchev–Trinajstić information content (AvgIpc) is 2.32. The Morgan fingerprint density at radius 3 is 2.68 bits per heavy atom. The number of benzene rings is 1. The van der Waals surface area contributed by atoms with E-state index >= 15 is 0 Å². The summed E-state index contributed by atoms with van der Waals surface area (Å²) < 4.78 is 0. The molecule has 1 aliphatic heterocycles. The molecule has 1 saturated heterocycles. The van der Waals surface area contributed by atoms with Crippen LogP contribution in [0.3, 0.4) is 0 Å². The molecule has 1 amide bonds. The van der Waals surface area contributed by atoms with Crippen LogP contribution in [0.15, 0.2) is 12.1 Å². The van der Waals surface area contributed by atoms with Crippen molar-refractivity contribution in [1.29, 1.82) is 0 Å². The molecule has 1 aromatic rings. The first-order valence-electron chi connectivity index (χ1n) is 6.55. The highest BCUT2D eigenvalue weighted by Crippen LogP contribution is 2.37. The number of hydrogen-bond donors (Lipinski definition) is 2. The fourth-order valence-corrected chi connectivity index (χ4v) is 3.04. The van der Waals surface area contributed by atoms with Gasteiger partial charge in [0.2, 0.25) is 0 Å². The van der Waals surface area contributed by atoms with E-state index in [9.17, 15) is 4.79 Å². The lowest BCUT2D eigenvalue weighted by atomic mass is 9.93. The second-order valence-corrected chi connectivity index (χ2v) is 5.85. The fraction of sp³-hybridized carbons (Fsp3) is 0.500. The standard InChI is InChI=1S/C14H20ClN3O/c1-8-3-4-9(2)18(7-8)13-11(14(17)19)5-10(16)6-12(13)15/h5-6,8-9H,3-4,7,16H2,1-2H3,(H2,17,19). The fourth-order valence-electron chi connectivity index (χ4n) is 2.70. The highest BCUT2D eigenvalue weighted by molar-refractivity contribution is 6.34. The molecule has 4 nitrogen and oxygen atoms in total. The largest absolute Gasteiger partial charge is 0.399 e. The minimum absolute atomic E-state index is 0.343. The summed E-state index contributed by atoms with van der Waals surface area (Å²) in [5.41, 5.74) is 12.8. The van der Waals surface area contributed by atoms with Crippen LogP contribution in [0, 0.1) is 5.92 Å². The van der Waals surface area contributed by atoms with Gasteiger partial charge in [0.05, 0.1) is 16.3 Å². The van der Waals surface area contributed by atoms with Crippen molar-refractivity contribution < 1.29 is 4.79 Å². The van der Waals surface area contributed by atoms with Gasteiger partial charge in [-0.25, -0.2) is 0 Å². The molecule has 2 unspecified atom stereocenters. The minimum atomic E-state index is -0.491. The molecule has 1 fully saturated rings. The van der Waals surface area contributed by atoms with Gasteiger partial charge in [0, 0.05) is 18.3 Å². The van der Waals surface area contributed by atoms with E-state index in [0.29, 0.717) is 28.2 Å². The number of nitrogens with zero attached hydrogens (tertiary/aromatic N) is 1. The van der Waals surface area contributed by atoms with Gasteiger partial charge in [-0.1, -0.05) is 18.5 Å². The van der Waals surface area contributed by atoms with Crippen molar-refractivity contribution in [3.05, 3.63) is 22.7 Å². The van der Waals surface area contributed by atoms with Crippen LogP contribution in [0.1, 0.15) is 37.0 Å². The van der Waals surface area contributed by atoms with Gasteiger partial charge >= 0.3 is 0 Å². The summed E-state index contributed by atoms with van der Waals surface area (Å²) in [5, 5.41) is 0.495. The van der Waals surface area contributed by atoms with Gasteiger partial charge < -0.3 is 16.4 Å². The molecule has 104 valence electrons. The van der Waals surface area contributed by atoms with Crippen molar-refractivity contribution in [3.8, 4) is 0 Å². The zero-order valence-electron chi connectivity index (χ0n) is 11.3. The van der Waals surface area contributed by atoms with Crippen LogP contribution in [0.25, 0.3) is 0 Å². The zero-order valence-corrected chi connectivity index (χ0v) is 12.1. The van der Waals surface area contributed by atoms with Crippen LogP contribution >= 0.6 is 11.6 Å². The van der Waals surface area contributed by atoms with Gasteiger partial charge in [-0.05, 0) is 37.8 Å². The Labute approximate surface area is 118 Å². The van der Waals surface area contributed by atoms with E-state index in [1.807, 2.05) is 0 Å². The Balaban J connectivity index is 2.51. The molecule has 2 rings (SSSR count). The Kier molecular flexibility index (Phi) is 3.90. The van der Waals surface area contributed by atoms with Crippen molar-refractivity contribution in [2.45, 2.75) is 32.7 Å². The first-order valence-corrected chi connectivity index (χ1v) is 6.93.